The fourth-order valence-electron chi connectivity index (χ4n) is 4.75. The lowest BCUT2D eigenvalue weighted by atomic mass is 9.96. The van der Waals surface area contributed by atoms with Gasteiger partial charge in [-0.15, -0.1) is 0 Å². The van der Waals surface area contributed by atoms with E-state index in [2.05, 4.69) is 10.1 Å². The molecular formula is C21H26N2O4S. The van der Waals surface area contributed by atoms with Gasteiger partial charge in [0.25, 0.3) is 0 Å². The number of benzene rings is 1. The summed E-state index contributed by atoms with van der Waals surface area (Å²) in [6.07, 6.45) is 8.82. The summed E-state index contributed by atoms with van der Waals surface area (Å²) in [5.74, 6) is 2.91. The van der Waals surface area contributed by atoms with Gasteiger partial charge >= 0.3 is 0 Å². The van der Waals surface area contributed by atoms with Gasteiger partial charge in [-0.3, -0.25) is 0 Å². The van der Waals surface area contributed by atoms with Crippen LogP contribution in [-0.2, 0) is 9.84 Å². The molecule has 2 aromatic rings. The Labute approximate surface area is 165 Å². The van der Waals surface area contributed by atoms with Crippen molar-refractivity contribution in [3.63, 3.8) is 0 Å². The second-order valence-electron chi connectivity index (χ2n) is 8.63. The van der Waals surface area contributed by atoms with Crippen LogP contribution in [0.25, 0.3) is 11.4 Å². The van der Waals surface area contributed by atoms with Crippen molar-refractivity contribution in [3.05, 3.63) is 30.2 Å². The third-order valence-electron chi connectivity index (χ3n) is 6.72. The van der Waals surface area contributed by atoms with Gasteiger partial charge in [0.05, 0.1) is 17.6 Å². The van der Waals surface area contributed by atoms with Crippen molar-refractivity contribution in [2.45, 2.75) is 63.4 Å². The van der Waals surface area contributed by atoms with Crippen molar-refractivity contribution >= 4 is 9.84 Å². The first-order valence-electron chi connectivity index (χ1n) is 10.3. The summed E-state index contributed by atoms with van der Waals surface area (Å²) < 4.78 is 35.0. The van der Waals surface area contributed by atoms with Crippen molar-refractivity contribution in [3.8, 4) is 17.1 Å². The minimum absolute atomic E-state index is 0.0623. The van der Waals surface area contributed by atoms with Crippen molar-refractivity contribution < 1.29 is 17.7 Å². The van der Waals surface area contributed by atoms with Crippen molar-refractivity contribution in [2.75, 3.05) is 11.5 Å². The maximum Gasteiger partial charge on any atom is 0.230 e. The number of ether oxygens (including phenoxy) is 1. The molecule has 5 rings (SSSR count). The summed E-state index contributed by atoms with van der Waals surface area (Å²) in [4.78, 5) is 4.61. The van der Waals surface area contributed by atoms with Crippen LogP contribution in [0.5, 0.6) is 5.75 Å². The van der Waals surface area contributed by atoms with E-state index in [1.54, 1.807) is 0 Å². The maximum absolute atomic E-state index is 11.7. The van der Waals surface area contributed by atoms with Crippen LogP contribution in [0.15, 0.2) is 28.8 Å². The zero-order valence-electron chi connectivity index (χ0n) is 16.0. The number of hydrogen-bond acceptors (Lipinski definition) is 6. The first kappa shape index (κ1) is 18.2. The van der Waals surface area contributed by atoms with Crippen molar-refractivity contribution in [1.82, 2.24) is 10.1 Å². The lowest BCUT2D eigenvalue weighted by Gasteiger charge is -2.22. The van der Waals surface area contributed by atoms with E-state index in [1.807, 2.05) is 24.3 Å². The van der Waals surface area contributed by atoms with Crippen LogP contribution in [0.4, 0.5) is 0 Å². The van der Waals surface area contributed by atoms with Crippen LogP contribution in [0, 0.1) is 5.41 Å². The highest BCUT2D eigenvalue weighted by Crippen LogP contribution is 2.64. The molecule has 0 amide bonds. The average molecular weight is 403 g/mol. The molecule has 2 saturated carbocycles. The molecule has 1 aliphatic heterocycles. The molecule has 0 N–H and O–H groups in total. The van der Waals surface area contributed by atoms with E-state index in [0.29, 0.717) is 30.7 Å². The van der Waals surface area contributed by atoms with E-state index in [9.17, 15) is 8.42 Å². The molecule has 1 saturated heterocycles. The zero-order chi connectivity index (χ0) is 19.2. The van der Waals surface area contributed by atoms with Gasteiger partial charge in [0, 0.05) is 11.5 Å². The zero-order valence-corrected chi connectivity index (χ0v) is 16.8. The van der Waals surface area contributed by atoms with Gasteiger partial charge in [0.2, 0.25) is 11.7 Å². The summed E-state index contributed by atoms with van der Waals surface area (Å²) in [6, 6.07) is 7.90. The van der Waals surface area contributed by atoms with E-state index in [0.717, 1.165) is 30.6 Å². The molecule has 1 spiro atoms. The van der Waals surface area contributed by atoms with Gasteiger partial charge < -0.3 is 9.26 Å². The molecule has 1 aromatic carbocycles. The van der Waals surface area contributed by atoms with Crippen LogP contribution >= 0.6 is 0 Å². The topological polar surface area (TPSA) is 82.3 Å². The van der Waals surface area contributed by atoms with Gasteiger partial charge in [-0.25, -0.2) is 8.42 Å². The Balaban J connectivity index is 1.24. The normalized spacial score (nSPS) is 26.2. The van der Waals surface area contributed by atoms with E-state index in [-0.39, 0.29) is 22.8 Å². The highest BCUT2D eigenvalue weighted by atomic mass is 32.2. The first-order chi connectivity index (χ1) is 13.5. The molecule has 6 nitrogen and oxygen atoms in total. The summed E-state index contributed by atoms with van der Waals surface area (Å²) in [5, 5.41) is 4.15. The summed E-state index contributed by atoms with van der Waals surface area (Å²) >= 11 is 0. The van der Waals surface area contributed by atoms with Crippen LogP contribution in [0.2, 0.25) is 0 Å². The Morgan fingerprint density at radius 2 is 1.75 bits per heavy atom. The molecule has 28 heavy (non-hydrogen) atoms. The van der Waals surface area contributed by atoms with Gasteiger partial charge in [0.1, 0.15) is 15.6 Å². The fraction of sp³-hybridized carbons (Fsp3) is 0.619. The minimum Gasteiger partial charge on any atom is -0.490 e. The summed E-state index contributed by atoms with van der Waals surface area (Å²) in [5.41, 5.74) is 0.972. The lowest BCUT2D eigenvalue weighted by Crippen LogP contribution is -2.25. The Bertz CT molecular complexity index is 931. The largest absolute Gasteiger partial charge is 0.490 e. The third-order valence-corrected chi connectivity index (χ3v) is 8.37. The smallest absolute Gasteiger partial charge is 0.230 e. The molecule has 0 bridgehead atoms. The standard InChI is InChI=1S/C21H26N2O4S/c24-28(25)12-10-21(11-13-28)14-18(21)20-22-19(23-27-20)15-6-8-17(9-7-15)26-16-4-2-1-3-5-16/h6-9,16,18H,1-5,10-14H2. The van der Waals surface area contributed by atoms with E-state index < -0.39 is 9.84 Å². The molecule has 7 heteroatoms. The van der Waals surface area contributed by atoms with Crippen molar-refractivity contribution in [1.29, 1.82) is 0 Å². The molecule has 150 valence electrons. The van der Waals surface area contributed by atoms with Gasteiger partial charge in [-0.05, 0) is 74.6 Å². The van der Waals surface area contributed by atoms with Crippen LogP contribution in [-0.4, -0.2) is 36.2 Å². The predicted octanol–water partition coefficient (Wildman–Crippen LogP) is 4.13. The molecule has 2 heterocycles. The second-order valence-corrected chi connectivity index (χ2v) is 10.9. The SMILES string of the molecule is O=S1(=O)CCC2(CC1)CC2c1nc(-c2ccc(OC3CCCCC3)cc2)no1. The monoisotopic (exact) mass is 402 g/mol. The molecule has 3 aliphatic rings. The van der Waals surface area contributed by atoms with Crippen LogP contribution < -0.4 is 4.74 Å². The molecule has 1 unspecified atom stereocenters. The molecule has 0 radical (unpaired) electrons. The van der Waals surface area contributed by atoms with E-state index >= 15 is 0 Å². The number of nitrogens with zero attached hydrogens (tertiary/aromatic N) is 2. The van der Waals surface area contributed by atoms with Gasteiger partial charge in [-0.1, -0.05) is 11.6 Å². The number of aromatic nitrogens is 2. The average Bonchev–Trinajstić information content (AvgIpc) is 3.19. The van der Waals surface area contributed by atoms with Crippen LogP contribution in [0.1, 0.15) is 63.2 Å². The molecular weight excluding hydrogens is 376 g/mol. The molecule has 3 fully saturated rings. The maximum atomic E-state index is 11.7. The quantitative estimate of drug-likeness (QED) is 0.765. The Hall–Kier alpha value is -1.89. The van der Waals surface area contributed by atoms with E-state index in [4.69, 9.17) is 9.26 Å². The minimum atomic E-state index is -2.85. The number of sulfone groups is 1. The van der Waals surface area contributed by atoms with Crippen molar-refractivity contribution in [2.24, 2.45) is 5.41 Å². The van der Waals surface area contributed by atoms with Crippen LogP contribution in [0.3, 0.4) is 0 Å². The Morgan fingerprint density at radius 1 is 1.04 bits per heavy atom. The third kappa shape index (κ3) is 3.56. The Morgan fingerprint density at radius 3 is 2.46 bits per heavy atom. The Kier molecular flexibility index (Phi) is 4.45. The highest BCUT2D eigenvalue weighted by Gasteiger charge is 2.59. The van der Waals surface area contributed by atoms with Gasteiger partial charge in [0.15, 0.2) is 0 Å². The molecule has 2 aliphatic carbocycles. The summed E-state index contributed by atoms with van der Waals surface area (Å²) in [6.45, 7) is 0. The molecule has 1 atom stereocenters. The summed E-state index contributed by atoms with van der Waals surface area (Å²) in [7, 11) is -2.85. The first-order valence-corrected chi connectivity index (χ1v) is 12.2. The highest BCUT2D eigenvalue weighted by molar-refractivity contribution is 7.91. The number of hydrogen-bond donors (Lipinski definition) is 0. The number of rotatable bonds is 4. The second kappa shape index (κ2) is 6.87. The molecule has 1 aromatic heterocycles. The fourth-order valence-corrected chi connectivity index (χ4v) is 6.39. The lowest BCUT2D eigenvalue weighted by molar-refractivity contribution is 0.155. The van der Waals surface area contributed by atoms with Gasteiger partial charge in [-0.2, -0.15) is 4.98 Å². The van der Waals surface area contributed by atoms with E-state index in [1.165, 1.54) is 19.3 Å². The predicted molar refractivity (Wildman–Crippen MR) is 105 cm³/mol.